The van der Waals surface area contributed by atoms with Crippen molar-refractivity contribution in [1.29, 1.82) is 5.26 Å². The van der Waals surface area contributed by atoms with Gasteiger partial charge in [0.2, 0.25) is 11.8 Å². The predicted molar refractivity (Wildman–Crippen MR) is 164 cm³/mol. The van der Waals surface area contributed by atoms with E-state index in [0.717, 1.165) is 70.6 Å². The van der Waals surface area contributed by atoms with Crippen LogP contribution in [-0.2, 0) is 9.59 Å². The number of hydrogen-bond donors (Lipinski definition) is 1. The zero-order valence-corrected chi connectivity index (χ0v) is 25.3. The molecule has 2 saturated heterocycles. The quantitative estimate of drug-likeness (QED) is 0.156. The zero-order chi connectivity index (χ0) is 30.8. The Bertz CT molecular complexity index is 1370. The number of nitrogens with one attached hydrogen (secondary N) is 1. The van der Waals surface area contributed by atoms with Crippen molar-refractivity contribution in [1.82, 2.24) is 15.1 Å². The molecule has 2 heterocycles. The summed E-state index contributed by atoms with van der Waals surface area (Å²) in [6, 6.07) is 11.1. The van der Waals surface area contributed by atoms with Crippen molar-refractivity contribution in [2.45, 2.75) is 55.9 Å². The van der Waals surface area contributed by atoms with Gasteiger partial charge in [-0.2, -0.15) is 5.26 Å². The maximum absolute atomic E-state index is 14.3. The summed E-state index contributed by atoms with van der Waals surface area (Å²) in [6.07, 6.45) is 6.46. The Morgan fingerprint density at radius 3 is 2.56 bits per heavy atom. The third-order valence-corrected chi connectivity index (χ3v) is 9.21. The smallest absolute Gasteiger partial charge is 0.256 e. The Hall–Kier alpha value is -3.75. The van der Waals surface area contributed by atoms with Crippen LogP contribution in [0.5, 0.6) is 0 Å². The van der Waals surface area contributed by atoms with Crippen molar-refractivity contribution in [2.75, 3.05) is 50.4 Å². The summed E-state index contributed by atoms with van der Waals surface area (Å²) in [7, 11) is 1.54. The summed E-state index contributed by atoms with van der Waals surface area (Å²) in [4.78, 5) is 55.5. The highest BCUT2D eigenvalue weighted by Crippen LogP contribution is 2.29. The van der Waals surface area contributed by atoms with E-state index in [-0.39, 0.29) is 30.1 Å². The highest BCUT2D eigenvalue weighted by Gasteiger charge is 2.34. The number of imide groups is 1. The fraction of sp³-hybridized carbons (Fsp3) is 0.469. The number of nitrogens with zero attached hydrogens (tertiary/aromatic N) is 4. The summed E-state index contributed by atoms with van der Waals surface area (Å²) in [6.45, 7) is 4.31. The van der Waals surface area contributed by atoms with Crippen LogP contribution < -0.4 is 10.2 Å². The largest absolute Gasteiger partial charge is 0.367 e. The van der Waals surface area contributed by atoms with Gasteiger partial charge in [-0.1, -0.05) is 31.4 Å². The first-order chi connectivity index (χ1) is 20.8. The van der Waals surface area contributed by atoms with E-state index in [1.54, 1.807) is 36.0 Å². The minimum absolute atomic E-state index is 0.169. The van der Waals surface area contributed by atoms with Crippen molar-refractivity contribution >= 4 is 41.5 Å². The molecule has 3 amide bonds. The summed E-state index contributed by atoms with van der Waals surface area (Å²) < 4.78 is 14.3. The fourth-order valence-electron chi connectivity index (χ4n) is 5.56. The molecule has 1 unspecified atom stereocenters. The summed E-state index contributed by atoms with van der Waals surface area (Å²) in [5.41, 5.74) is 1.49. The molecule has 2 aromatic rings. The van der Waals surface area contributed by atoms with Crippen LogP contribution in [0.4, 0.5) is 10.1 Å². The van der Waals surface area contributed by atoms with Crippen LogP contribution in [0, 0.1) is 17.1 Å². The number of hydrogen-bond acceptors (Lipinski definition) is 8. The molecule has 2 aliphatic heterocycles. The number of anilines is 1. The van der Waals surface area contributed by atoms with Crippen LogP contribution in [0.3, 0.4) is 0 Å². The molecule has 1 N–H and O–H groups in total. The first-order valence-corrected chi connectivity index (χ1v) is 15.8. The monoisotopic (exact) mass is 607 g/mol. The van der Waals surface area contributed by atoms with E-state index in [4.69, 9.17) is 5.26 Å². The van der Waals surface area contributed by atoms with Gasteiger partial charge in [-0.05, 0) is 55.8 Å². The van der Waals surface area contributed by atoms with Gasteiger partial charge in [0.15, 0.2) is 6.29 Å². The third kappa shape index (κ3) is 8.42. The SMILES string of the molecule is CN(C(=O)c1c(C=O)cccc1SCCCCCCCN1CCN(c2ccc(C#N)cc2F)CC1)C1CCC(=O)NC1=O. The highest BCUT2D eigenvalue weighted by atomic mass is 32.2. The van der Waals surface area contributed by atoms with Gasteiger partial charge in [-0.15, -0.1) is 11.8 Å². The maximum Gasteiger partial charge on any atom is 0.256 e. The van der Waals surface area contributed by atoms with E-state index >= 15 is 0 Å². The zero-order valence-electron chi connectivity index (χ0n) is 24.5. The lowest BCUT2D eigenvalue weighted by molar-refractivity contribution is -0.136. The van der Waals surface area contributed by atoms with Gasteiger partial charge < -0.3 is 9.80 Å². The number of piperazine rings is 1. The van der Waals surface area contributed by atoms with Crippen molar-refractivity contribution in [3.05, 3.63) is 58.9 Å². The molecule has 4 rings (SSSR count). The van der Waals surface area contributed by atoms with Crippen molar-refractivity contribution in [3.8, 4) is 6.07 Å². The lowest BCUT2D eigenvalue weighted by Crippen LogP contribution is -2.53. The number of unbranched alkanes of at least 4 members (excludes halogenated alkanes) is 4. The van der Waals surface area contributed by atoms with Crippen LogP contribution in [0.2, 0.25) is 0 Å². The number of carbonyl (C=O) groups excluding carboxylic acids is 4. The van der Waals surface area contributed by atoms with E-state index in [9.17, 15) is 23.6 Å². The van der Waals surface area contributed by atoms with Gasteiger partial charge in [0.25, 0.3) is 5.91 Å². The number of likely N-dealkylation sites (N-methyl/N-ethyl adjacent to an activating group) is 1. The molecule has 2 aliphatic rings. The molecule has 2 aromatic carbocycles. The van der Waals surface area contributed by atoms with Crippen molar-refractivity contribution < 1.29 is 23.6 Å². The molecule has 11 heteroatoms. The van der Waals surface area contributed by atoms with Gasteiger partial charge in [-0.25, -0.2) is 4.39 Å². The summed E-state index contributed by atoms with van der Waals surface area (Å²) in [5, 5.41) is 11.2. The highest BCUT2D eigenvalue weighted by molar-refractivity contribution is 7.99. The molecule has 0 aromatic heterocycles. The summed E-state index contributed by atoms with van der Waals surface area (Å²) >= 11 is 1.54. The molecule has 0 aliphatic carbocycles. The molecular weight excluding hydrogens is 569 g/mol. The molecule has 0 radical (unpaired) electrons. The van der Waals surface area contributed by atoms with E-state index < -0.39 is 17.9 Å². The van der Waals surface area contributed by atoms with Crippen molar-refractivity contribution in [3.63, 3.8) is 0 Å². The van der Waals surface area contributed by atoms with Crippen LogP contribution in [0.1, 0.15) is 71.2 Å². The molecule has 2 fully saturated rings. The number of rotatable bonds is 13. The van der Waals surface area contributed by atoms with Crippen LogP contribution in [0.25, 0.3) is 0 Å². The van der Waals surface area contributed by atoms with Gasteiger partial charge in [0, 0.05) is 50.1 Å². The average Bonchev–Trinajstić information content (AvgIpc) is 3.01. The Labute approximate surface area is 256 Å². The molecule has 0 spiro atoms. The predicted octanol–water partition coefficient (Wildman–Crippen LogP) is 4.25. The minimum atomic E-state index is -0.753. The number of carbonyl (C=O) groups is 4. The second-order valence-electron chi connectivity index (χ2n) is 10.9. The molecule has 1 atom stereocenters. The van der Waals surface area contributed by atoms with Crippen LogP contribution in [0.15, 0.2) is 41.3 Å². The lowest BCUT2D eigenvalue weighted by Gasteiger charge is -2.36. The molecular formula is C32H38FN5O4S. The number of amides is 3. The molecule has 0 saturated carbocycles. The van der Waals surface area contributed by atoms with Gasteiger partial charge in [0.1, 0.15) is 11.9 Å². The number of thioether (sulfide) groups is 1. The Kier molecular flexibility index (Phi) is 11.7. The molecule has 0 bridgehead atoms. The Morgan fingerprint density at radius 1 is 1.12 bits per heavy atom. The average molecular weight is 608 g/mol. The van der Waals surface area contributed by atoms with E-state index in [0.29, 0.717) is 28.0 Å². The third-order valence-electron chi connectivity index (χ3n) is 8.06. The van der Waals surface area contributed by atoms with Crippen LogP contribution >= 0.6 is 11.8 Å². The first kappa shape index (κ1) is 32.2. The molecule has 228 valence electrons. The number of aldehydes is 1. The van der Waals surface area contributed by atoms with E-state index in [1.807, 2.05) is 17.0 Å². The molecule has 43 heavy (non-hydrogen) atoms. The Morgan fingerprint density at radius 2 is 1.86 bits per heavy atom. The number of halogens is 1. The van der Waals surface area contributed by atoms with Gasteiger partial charge in [0.05, 0.1) is 22.9 Å². The maximum atomic E-state index is 14.3. The molecule has 9 nitrogen and oxygen atoms in total. The number of benzene rings is 2. The van der Waals surface area contributed by atoms with Crippen LogP contribution in [-0.4, -0.2) is 85.4 Å². The second kappa shape index (κ2) is 15.6. The van der Waals surface area contributed by atoms with E-state index in [2.05, 4.69) is 10.2 Å². The van der Waals surface area contributed by atoms with Crippen molar-refractivity contribution in [2.24, 2.45) is 0 Å². The van der Waals surface area contributed by atoms with Gasteiger partial charge >= 0.3 is 0 Å². The normalized spacial score (nSPS) is 17.3. The summed E-state index contributed by atoms with van der Waals surface area (Å²) in [5.74, 6) is -0.778. The number of nitriles is 1. The fourth-order valence-corrected chi connectivity index (χ4v) is 6.65. The van der Waals surface area contributed by atoms with Gasteiger partial charge in [-0.3, -0.25) is 29.4 Å². The minimum Gasteiger partial charge on any atom is -0.367 e. The lowest BCUT2D eigenvalue weighted by atomic mass is 10.0. The number of piperidine rings is 1. The first-order valence-electron chi connectivity index (χ1n) is 14.8. The second-order valence-corrected chi connectivity index (χ2v) is 12.1. The van der Waals surface area contributed by atoms with E-state index in [1.165, 1.54) is 18.0 Å². The Balaban J connectivity index is 1.16. The topological polar surface area (TPSA) is 114 Å². The standard InChI is InChI=1S/C32H38FN5O4S/c1-36(27-12-13-29(40)35-31(27)41)32(42)30-24(22-39)8-7-9-28(30)43-19-6-4-2-3-5-14-37-15-17-38(18-16-37)26-11-10-23(21-34)20-25(26)33/h7-11,20,22,27H,2-6,12-19H2,1H3,(H,35,40,41).